The van der Waals surface area contributed by atoms with Gasteiger partial charge in [0.2, 0.25) is 0 Å². The topological polar surface area (TPSA) is 60.7 Å². The molecule has 0 unspecified atom stereocenters. The molecule has 0 amide bonds. The van der Waals surface area contributed by atoms with Gasteiger partial charge in [0.1, 0.15) is 11.2 Å². The van der Waals surface area contributed by atoms with E-state index >= 15 is 0 Å². The number of nitrogens with zero attached hydrogens (tertiary/aromatic N) is 2. The van der Waals surface area contributed by atoms with Gasteiger partial charge in [0, 0.05) is 16.9 Å². The van der Waals surface area contributed by atoms with Crippen molar-refractivity contribution in [3.63, 3.8) is 0 Å². The number of halogens is 1. The van der Waals surface area contributed by atoms with E-state index in [4.69, 9.17) is 4.74 Å². The third-order valence-electron chi connectivity index (χ3n) is 3.36. The molecule has 0 radical (unpaired) electrons. The largest absolute Gasteiger partial charge is 0.462 e. The Bertz CT molecular complexity index is 950. The van der Waals surface area contributed by atoms with E-state index < -0.39 is 11.5 Å². The van der Waals surface area contributed by atoms with E-state index in [1.165, 1.54) is 10.6 Å². The molecular formula is C17H13BrN2O3. The summed E-state index contributed by atoms with van der Waals surface area (Å²) in [6.07, 6.45) is 2.88. The number of carbonyl (C=O) groups is 1. The first-order valence-corrected chi connectivity index (χ1v) is 7.84. The molecule has 116 valence electrons. The van der Waals surface area contributed by atoms with Crippen molar-refractivity contribution in [2.24, 2.45) is 0 Å². The number of carbonyl (C=O) groups excluding carboxylic acids is 1. The van der Waals surface area contributed by atoms with Gasteiger partial charge in [-0.15, -0.1) is 0 Å². The first-order chi connectivity index (χ1) is 11.1. The standard InChI is InChI=1S/C17H13BrN2O3/c1-2-23-17(22)14-10-19-15-9-12(6-7-20(15)16(14)21)11-4-3-5-13(18)8-11/h3-10H,2H2,1H3. The van der Waals surface area contributed by atoms with Crippen LogP contribution in [-0.4, -0.2) is 22.0 Å². The molecule has 0 aliphatic heterocycles. The zero-order valence-corrected chi connectivity index (χ0v) is 13.9. The normalized spacial score (nSPS) is 10.7. The Morgan fingerprint density at radius 2 is 2.04 bits per heavy atom. The smallest absolute Gasteiger partial charge is 0.345 e. The summed E-state index contributed by atoms with van der Waals surface area (Å²) in [6, 6.07) is 11.5. The molecule has 0 atom stereocenters. The van der Waals surface area contributed by atoms with E-state index in [9.17, 15) is 9.59 Å². The quantitative estimate of drug-likeness (QED) is 0.661. The molecule has 0 aliphatic carbocycles. The lowest BCUT2D eigenvalue weighted by atomic mass is 10.1. The Morgan fingerprint density at radius 3 is 2.78 bits per heavy atom. The van der Waals surface area contributed by atoms with Crippen molar-refractivity contribution < 1.29 is 9.53 Å². The first-order valence-electron chi connectivity index (χ1n) is 7.04. The van der Waals surface area contributed by atoms with Gasteiger partial charge in [0.05, 0.1) is 6.61 Å². The summed E-state index contributed by atoms with van der Waals surface area (Å²) in [5.41, 5.74) is 1.90. The Hall–Kier alpha value is -2.47. The van der Waals surface area contributed by atoms with Crippen molar-refractivity contribution in [2.75, 3.05) is 6.61 Å². The van der Waals surface area contributed by atoms with Crippen LogP contribution in [0.1, 0.15) is 17.3 Å². The molecule has 3 rings (SSSR count). The lowest BCUT2D eigenvalue weighted by Crippen LogP contribution is -2.24. The van der Waals surface area contributed by atoms with Gasteiger partial charge in [-0.1, -0.05) is 28.1 Å². The van der Waals surface area contributed by atoms with Crippen molar-refractivity contribution >= 4 is 27.5 Å². The van der Waals surface area contributed by atoms with Crippen LogP contribution in [0.25, 0.3) is 16.8 Å². The van der Waals surface area contributed by atoms with Gasteiger partial charge in [-0.05, 0) is 42.3 Å². The van der Waals surface area contributed by atoms with E-state index in [1.807, 2.05) is 30.3 Å². The minimum atomic E-state index is -0.657. The second-order valence-corrected chi connectivity index (χ2v) is 5.77. The maximum Gasteiger partial charge on any atom is 0.345 e. The molecule has 0 saturated heterocycles. The molecule has 0 saturated carbocycles. The van der Waals surface area contributed by atoms with Crippen LogP contribution in [0.4, 0.5) is 0 Å². The highest BCUT2D eigenvalue weighted by atomic mass is 79.9. The Kier molecular flexibility index (Phi) is 4.25. The highest BCUT2D eigenvalue weighted by Crippen LogP contribution is 2.23. The number of aromatic nitrogens is 2. The van der Waals surface area contributed by atoms with Crippen molar-refractivity contribution in [3.8, 4) is 11.1 Å². The summed E-state index contributed by atoms with van der Waals surface area (Å²) in [4.78, 5) is 28.3. The van der Waals surface area contributed by atoms with Crippen LogP contribution in [0.2, 0.25) is 0 Å². The SMILES string of the molecule is CCOC(=O)c1cnc2cc(-c3cccc(Br)c3)ccn2c1=O. The number of ether oxygens (including phenoxy) is 1. The lowest BCUT2D eigenvalue weighted by molar-refractivity contribution is 0.0523. The van der Waals surface area contributed by atoms with Crippen LogP contribution in [0.5, 0.6) is 0 Å². The predicted molar refractivity (Wildman–Crippen MR) is 90.6 cm³/mol. The molecule has 1 aromatic carbocycles. The highest BCUT2D eigenvalue weighted by Gasteiger charge is 2.14. The Balaban J connectivity index is 2.10. The highest BCUT2D eigenvalue weighted by molar-refractivity contribution is 9.10. The van der Waals surface area contributed by atoms with Gasteiger partial charge < -0.3 is 4.74 Å². The summed E-state index contributed by atoms with van der Waals surface area (Å²) in [7, 11) is 0. The van der Waals surface area contributed by atoms with Gasteiger partial charge in [0.15, 0.2) is 0 Å². The zero-order valence-electron chi connectivity index (χ0n) is 12.3. The van der Waals surface area contributed by atoms with Crippen molar-refractivity contribution in [2.45, 2.75) is 6.92 Å². The molecule has 6 heteroatoms. The van der Waals surface area contributed by atoms with E-state index in [2.05, 4.69) is 20.9 Å². The fourth-order valence-corrected chi connectivity index (χ4v) is 2.67. The fraction of sp³-hybridized carbons (Fsp3) is 0.118. The average molecular weight is 373 g/mol. The van der Waals surface area contributed by atoms with E-state index in [1.54, 1.807) is 19.2 Å². The van der Waals surface area contributed by atoms with E-state index in [0.29, 0.717) is 5.65 Å². The Morgan fingerprint density at radius 1 is 1.26 bits per heavy atom. The van der Waals surface area contributed by atoms with Gasteiger partial charge in [-0.2, -0.15) is 0 Å². The second-order valence-electron chi connectivity index (χ2n) is 4.85. The van der Waals surface area contributed by atoms with Gasteiger partial charge >= 0.3 is 5.97 Å². The van der Waals surface area contributed by atoms with Crippen molar-refractivity contribution in [1.82, 2.24) is 9.38 Å². The van der Waals surface area contributed by atoms with Crippen molar-refractivity contribution in [3.05, 3.63) is 69.2 Å². The number of rotatable bonds is 3. The van der Waals surface area contributed by atoms with Gasteiger partial charge in [-0.3, -0.25) is 9.20 Å². The van der Waals surface area contributed by atoms with E-state index in [0.717, 1.165) is 15.6 Å². The summed E-state index contributed by atoms with van der Waals surface area (Å²) in [5, 5.41) is 0. The number of benzene rings is 1. The van der Waals surface area contributed by atoms with Crippen LogP contribution < -0.4 is 5.56 Å². The molecule has 3 aromatic rings. The van der Waals surface area contributed by atoms with Crippen LogP contribution in [-0.2, 0) is 4.74 Å². The molecule has 2 heterocycles. The van der Waals surface area contributed by atoms with Gasteiger partial charge in [0.25, 0.3) is 5.56 Å². The monoisotopic (exact) mass is 372 g/mol. The van der Waals surface area contributed by atoms with Gasteiger partial charge in [-0.25, -0.2) is 9.78 Å². The number of hydrogen-bond acceptors (Lipinski definition) is 4. The van der Waals surface area contributed by atoms with Crippen LogP contribution in [0.3, 0.4) is 0 Å². The van der Waals surface area contributed by atoms with Crippen molar-refractivity contribution in [1.29, 1.82) is 0 Å². The first kappa shape index (κ1) is 15.4. The average Bonchev–Trinajstić information content (AvgIpc) is 2.55. The Labute approximate surface area is 140 Å². The molecule has 0 bridgehead atoms. The van der Waals surface area contributed by atoms with Crippen LogP contribution >= 0.6 is 15.9 Å². The van der Waals surface area contributed by atoms with Crippen LogP contribution in [0, 0.1) is 0 Å². The molecule has 23 heavy (non-hydrogen) atoms. The third kappa shape index (κ3) is 3.03. The lowest BCUT2D eigenvalue weighted by Gasteiger charge is -2.07. The fourth-order valence-electron chi connectivity index (χ4n) is 2.27. The zero-order chi connectivity index (χ0) is 16.4. The molecule has 0 N–H and O–H groups in total. The summed E-state index contributed by atoms with van der Waals surface area (Å²) in [6.45, 7) is 1.90. The maximum atomic E-state index is 12.4. The number of fused-ring (bicyclic) bond motifs is 1. The number of hydrogen-bond donors (Lipinski definition) is 0. The molecule has 0 aliphatic rings. The van der Waals surface area contributed by atoms with E-state index in [-0.39, 0.29) is 12.2 Å². The number of pyridine rings is 1. The minimum Gasteiger partial charge on any atom is -0.462 e. The summed E-state index contributed by atoms with van der Waals surface area (Å²) >= 11 is 3.44. The summed E-state index contributed by atoms with van der Waals surface area (Å²) < 4.78 is 7.18. The molecular weight excluding hydrogens is 360 g/mol. The predicted octanol–water partition coefficient (Wildman–Crippen LogP) is 3.30. The molecule has 5 nitrogen and oxygen atoms in total. The third-order valence-corrected chi connectivity index (χ3v) is 3.86. The number of esters is 1. The molecule has 2 aromatic heterocycles. The molecule has 0 spiro atoms. The minimum absolute atomic E-state index is 0.0699. The van der Waals surface area contributed by atoms with Crippen LogP contribution in [0.15, 0.2) is 58.1 Å². The second kappa shape index (κ2) is 6.34. The molecule has 0 fully saturated rings. The maximum absolute atomic E-state index is 12.4. The summed E-state index contributed by atoms with van der Waals surface area (Å²) in [5.74, 6) is -0.657.